The van der Waals surface area contributed by atoms with Crippen LogP contribution in [0.1, 0.15) is 19.8 Å². The van der Waals surface area contributed by atoms with E-state index in [1.807, 2.05) is 13.0 Å². The van der Waals surface area contributed by atoms with Crippen LogP contribution < -0.4 is 0 Å². The summed E-state index contributed by atoms with van der Waals surface area (Å²) >= 11 is 0. The maximum atomic E-state index is 12.0. The minimum Gasteiger partial charge on any atom is -0.469 e. The van der Waals surface area contributed by atoms with E-state index in [-0.39, 0.29) is 35.4 Å². The molecule has 0 heterocycles. The van der Waals surface area contributed by atoms with Crippen LogP contribution >= 0.6 is 0 Å². The second kappa shape index (κ2) is 4.75. The van der Waals surface area contributed by atoms with Gasteiger partial charge in [-0.25, -0.2) is 0 Å². The smallest absolute Gasteiger partial charge is 0.310 e. The van der Waals surface area contributed by atoms with Gasteiger partial charge in [0.1, 0.15) is 0 Å². The standard InChI is InChI=1S/C14H16O3/c1-9-7-8-10-5-3-4-6-11(15)13(10)12(9)14(16)17-2/h7-10,12-13H,3,5H2,1-2H3/t9-,10+,12+,13-/m1/s1. The van der Waals surface area contributed by atoms with Crippen molar-refractivity contribution >= 4 is 11.8 Å². The third kappa shape index (κ3) is 2.12. The number of esters is 1. The van der Waals surface area contributed by atoms with Crippen LogP contribution in [0.4, 0.5) is 0 Å². The van der Waals surface area contributed by atoms with Gasteiger partial charge in [-0.3, -0.25) is 9.59 Å². The SMILES string of the molecule is COC(=O)[C@@H]1[C@H]2C(=O)C#CCC[C@H]2C=C[C@H]1C. The van der Waals surface area contributed by atoms with Crippen molar-refractivity contribution in [3.05, 3.63) is 12.2 Å². The molecule has 0 bridgehead atoms. The zero-order valence-electron chi connectivity index (χ0n) is 10.1. The van der Waals surface area contributed by atoms with Gasteiger partial charge in [0.05, 0.1) is 18.9 Å². The molecule has 0 N–H and O–H groups in total. The summed E-state index contributed by atoms with van der Waals surface area (Å²) < 4.78 is 4.83. The predicted molar refractivity (Wildman–Crippen MR) is 62.8 cm³/mol. The summed E-state index contributed by atoms with van der Waals surface area (Å²) in [6, 6.07) is 0. The molecular weight excluding hydrogens is 216 g/mol. The Kier molecular flexibility index (Phi) is 3.33. The molecule has 0 saturated carbocycles. The van der Waals surface area contributed by atoms with E-state index in [2.05, 4.69) is 17.9 Å². The van der Waals surface area contributed by atoms with Gasteiger partial charge in [0.15, 0.2) is 0 Å². The van der Waals surface area contributed by atoms with Crippen molar-refractivity contribution in [2.45, 2.75) is 19.8 Å². The van der Waals surface area contributed by atoms with E-state index < -0.39 is 0 Å². The molecule has 3 nitrogen and oxygen atoms in total. The first kappa shape index (κ1) is 11.9. The van der Waals surface area contributed by atoms with Crippen LogP contribution in [-0.4, -0.2) is 18.9 Å². The summed E-state index contributed by atoms with van der Waals surface area (Å²) in [5.41, 5.74) is 0. The first-order valence-corrected chi connectivity index (χ1v) is 5.94. The van der Waals surface area contributed by atoms with E-state index in [9.17, 15) is 9.59 Å². The molecule has 2 aliphatic carbocycles. The Balaban J connectivity index is 2.36. The normalized spacial score (nSPS) is 35.3. The maximum Gasteiger partial charge on any atom is 0.310 e. The molecule has 90 valence electrons. The monoisotopic (exact) mass is 232 g/mol. The largest absolute Gasteiger partial charge is 0.469 e. The number of hydrogen-bond donors (Lipinski definition) is 0. The Morgan fingerprint density at radius 1 is 1.47 bits per heavy atom. The molecule has 0 aromatic heterocycles. The second-order valence-corrected chi connectivity index (χ2v) is 4.69. The number of allylic oxidation sites excluding steroid dienone is 2. The van der Waals surface area contributed by atoms with E-state index in [4.69, 9.17) is 4.74 Å². The Morgan fingerprint density at radius 2 is 2.24 bits per heavy atom. The van der Waals surface area contributed by atoms with E-state index in [1.54, 1.807) is 0 Å². The lowest BCUT2D eigenvalue weighted by Gasteiger charge is -2.34. The fraction of sp³-hybridized carbons (Fsp3) is 0.571. The van der Waals surface area contributed by atoms with Crippen LogP contribution in [0.2, 0.25) is 0 Å². The molecule has 0 aliphatic heterocycles. The van der Waals surface area contributed by atoms with Crippen molar-refractivity contribution in [1.29, 1.82) is 0 Å². The van der Waals surface area contributed by atoms with Crippen molar-refractivity contribution in [3.8, 4) is 11.8 Å². The summed E-state index contributed by atoms with van der Waals surface area (Å²) in [6.07, 6.45) is 5.64. The molecule has 0 amide bonds. The summed E-state index contributed by atoms with van der Waals surface area (Å²) in [4.78, 5) is 23.8. The Bertz CT molecular complexity index is 424. The molecule has 0 aromatic carbocycles. The highest BCUT2D eigenvalue weighted by Crippen LogP contribution is 2.38. The van der Waals surface area contributed by atoms with Crippen LogP contribution in [0.15, 0.2) is 12.2 Å². The van der Waals surface area contributed by atoms with Gasteiger partial charge in [-0.05, 0) is 24.2 Å². The van der Waals surface area contributed by atoms with Crippen LogP contribution in [0.3, 0.4) is 0 Å². The van der Waals surface area contributed by atoms with Gasteiger partial charge in [-0.1, -0.05) is 25.0 Å². The third-order valence-corrected chi connectivity index (χ3v) is 3.67. The molecule has 2 rings (SSSR count). The minimum absolute atomic E-state index is 0.0348. The summed E-state index contributed by atoms with van der Waals surface area (Å²) in [7, 11) is 1.37. The third-order valence-electron chi connectivity index (χ3n) is 3.67. The van der Waals surface area contributed by atoms with Gasteiger partial charge in [-0.15, -0.1) is 0 Å². The fourth-order valence-corrected chi connectivity index (χ4v) is 2.75. The van der Waals surface area contributed by atoms with Crippen LogP contribution in [0.5, 0.6) is 0 Å². The summed E-state index contributed by atoms with van der Waals surface area (Å²) in [6.45, 7) is 1.94. The molecule has 0 radical (unpaired) electrons. The lowest BCUT2D eigenvalue weighted by atomic mass is 9.68. The zero-order valence-corrected chi connectivity index (χ0v) is 10.1. The number of fused-ring (bicyclic) bond motifs is 1. The average molecular weight is 232 g/mol. The topological polar surface area (TPSA) is 43.4 Å². The van der Waals surface area contributed by atoms with Crippen molar-refractivity contribution in [1.82, 2.24) is 0 Å². The number of methoxy groups -OCH3 is 1. The number of hydrogen-bond acceptors (Lipinski definition) is 3. The number of ketones is 1. The highest BCUT2D eigenvalue weighted by atomic mass is 16.5. The van der Waals surface area contributed by atoms with Crippen molar-refractivity contribution in [2.75, 3.05) is 7.11 Å². The van der Waals surface area contributed by atoms with Gasteiger partial charge >= 0.3 is 5.97 Å². The lowest BCUT2D eigenvalue weighted by molar-refractivity contribution is -0.152. The van der Waals surface area contributed by atoms with E-state index in [1.165, 1.54) is 7.11 Å². The molecule has 0 saturated heterocycles. The van der Waals surface area contributed by atoms with Crippen molar-refractivity contribution < 1.29 is 14.3 Å². The molecule has 0 aromatic rings. The molecule has 2 aliphatic rings. The molecule has 0 fully saturated rings. The number of carbonyl (C=O) groups excluding carboxylic acids is 2. The molecule has 3 heteroatoms. The van der Waals surface area contributed by atoms with Gasteiger partial charge in [0, 0.05) is 6.42 Å². The highest BCUT2D eigenvalue weighted by Gasteiger charge is 2.43. The Hall–Kier alpha value is -1.56. The van der Waals surface area contributed by atoms with Gasteiger partial charge in [0.25, 0.3) is 0 Å². The van der Waals surface area contributed by atoms with E-state index in [0.717, 1.165) is 12.8 Å². The first-order chi connectivity index (χ1) is 8.15. The molecular formula is C14H16O3. The summed E-state index contributed by atoms with van der Waals surface area (Å²) in [5, 5.41) is 0. The number of carbonyl (C=O) groups is 2. The average Bonchev–Trinajstić information content (AvgIpc) is 2.51. The van der Waals surface area contributed by atoms with E-state index >= 15 is 0 Å². The molecule has 0 spiro atoms. The molecule has 0 unspecified atom stereocenters. The van der Waals surface area contributed by atoms with Gasteiger partial charge in [-0.2, -0.15) is 0 Å². The van der Waals surface area contributed by atoms with Crippen molar-refractivity contribution in [2.24, 2.45) is 23.7 Å². The number of rotatable bonds is 1. The van der Waals surface area contributed by atoms with Crippen LogP contribution in [0.25, 0.3) is 0 Å². The van der Waals surface area contributed by atoms with Crippen molar-refractivity contribution in [3.63, 3.8) is 0 Å². The van der Waals surface area contributed by atoms with E-state index in [0.29, 0.717) is 0 Å². The number of ether oxygens (including phenoxy) is 1. The maximum absolute atomic E-state index is 12.0. The van der Waals surface area contributed by atoms with Crippen LogP contribution in [0, 0.1) is 35.5 Å². The quantitative estimate of drug-likeness (QED) is 0.298. The Labute approximate surface area is 101 Å². The zero-order chi connectivity index (χ0) is 12.4. The van der Waals surface area contributed by atoms with Gasteiger partial charge < -0.3 is 4.74 Å². The van der Waals surface area contributed by atoms with Gasteiger partial charge in [0.2, 0.25) is 5.78 Å². The van der Waals surface area contributed by atoms with Crippen LogP contribution in [-0.2, 0) is 14.3 Å². The predicted octanol–water partition coefficient (Wildman–Crippen LogP) is 1.58. The summed E-state index contributed by atoms with van der Waals surface area (Å²) in [5.74, 6) is 4.54. The second-order valence-electron chi connectivity index (χ2n) is 4.69. The highest BCUT2D eigenvalue weighted by molar-refractivity contribution is 6.00. The molecule has 4 atom stereocenters. The fourth-order valence-electron chi connectivity index (χ4n) is 2.75. The Morgan fingerprint density at radius 3 is 2.94 bits per heavy atom. The lowest BCUT2D eigenvalue weighted by Crippen LogP contribution is -2.40. The molecule has 17 heavy (non-hydrogen) atoms. The minimum atomic E-state index is -0.380. The first-order valence-electron chi connectivity index (χ1n) is 5.94. The number of Topliss-reactive ketones (excluding diaryl/α,β-unsaturated/α-hetero) is 1.